The van der Waals surface area contributed by atoms with Crippen molar-refractivity contribution in [3.05, 3.63) is 12.2 Å². The lowest BCUT2D eigenvalue weighted by Crippen LogP contribution is -2.31. The van der Waals surface area contributed by atoms with Crippen LogP contribution in [-0.2, 0) is 19.0 Å². The molecular formula is C18H30O5. The molecule has 0 saturated carbocycles. The molecule has 2 fully saturated rings. The van der Waals surface area contributed by atoms with Gasteiger partial charge in [0.05, 0.1) is 25.4 Å². The van der Waals surface area contributed by atoms with E-state index in [0.717, 1.165) is 32.3 Å². The number of fused-ring (bicyclic) bond motifs is 2. The average Bonchev–Trinajstić information content (AvgIpc) is 3.12. The number of carboxylic acids is 1. The monoisotopic (exact) mass is 326 g/mol. The Bertz CT molecular complexity index is 382. The SMILES string of the molecule is CC/C=C/COCC1C2CCC(O2)C1CCOCCCC(=O)O. The van der Waals surface area contributed by atoms with Crippen LogP contribution < -0.4 is 0 Å². The Hall–Kier alpha value is -0.910. The van der Waals surface area contributed by atoms with Crippen LogP contribution in [0, 0.1) is 11.8 Å². The number of carbonyl (C=O) groups is 1. The second-order valence-electron chi connectivity index (χ2n) is 6.43. The summed E-state index contributed by atoms with van der Waals surface area (Å²) in [5, 5.41) is 8.59. The van der Waals surface area contributed by atoms with Crippen LogP contribution in [0.25, 0.3) is 0 Å². The molecule has 0 aromatic heterocycles. The van der Waals surface area contributed by atoms with Crippen molar-refractivity contribution in [1.82, 2.24) is 0 Å². The maximum atomic E-state index is 10.4. The molecular weight excluding hydrogens is 296 g/mol. The highest BCUT2D eigenvalue weighted by Crippen LogP contribution is 2.45. The Morgan fingerprint density at radius 1 is 1.17 bits per heavy atom. The Balaban J connectivity index is 1.64. The zero-order chi connectivity index (χ0) is 16.5. The lowest BCUT2D eigenvalue weighted by Gasteiger charge is -2.27. The topological polar surface area (TPSA) is 65.0 Å². The summed E-state index contributed by atoms with van der Waals surface area (Å²) in [4.78, 5) is 10.4. The fourth-order valence-corrected chi connectivity index (χ4v) is 3.66. The van der Waals surface area contributed by atoms with Gasteiger partial charge in [-0.1, -0.05) is 19.1 Å². The zero-order valence-corrected chi connectivity index (χ0v) is 14.1. The van der Waals surface area contributed by atoms with Crippen LogP contribution in [0.2, 0.25) is 0 Å². The van der Waals surface area contributed by atoms with Gasteiger partial charge in [-0.05, 0) is 38.0 Å². The van der Waals surface area contributed by atoms with Gasteiger partial charge in [-0.2, -0.15) is 0 Å². The third-order valence-corrected chi connectivity index (χ3v) is 4.79. The smallest absolute Gasteiger partial charge is 0.303 e. The molecule has 0 aromatic rings. The predicted molar refractivity (Wildman–Crippen MR) is 87.4 cm³/mol. The fourth-order valence-electron chi connectivity index (χ4n) is 3.66. The first kappa shape index (κ1) is 18.4. The van der Waals surface area contributed by atoms with Crippen LogP contribution >= 0.6 is 0 Å². The third kappa shape index (κ3) is 5.90. The summed E-state index contributed by atoms with van der Waals surface area (Å²) in [7, 11) is 0. The maximum Gasteiger partial charge on any atom is 0.303 e. The highest BCUT2D eigenvalue weighted by Gasteiger charge is 2.48. The summed E-state index contributed by atoms with van der Waals surface area (Å²) in [5.41, 5.74) is 0. The van der Waals surface area contributed by atoms with E-state index in [0.29, 0.717) is 50.3 Å². The number of carboxylic acid groups (broad SMARTS) is 1. The van der Waals surface area contributed by atoms with Gasteiger partial charge >= 0.3 is 5.97 Å². The predicted octanol–water partition coefficient (Wildman–Crippen LogP) is 3.03. The van der Waals surface area contributed by atoms with Gasteiger partial charge in [-0.15, -0.1) is 0 Å². The summed E-state index contributed by atoms with van der Waals surface area (Å²) >= 11 is 0. The third-order valence-electron chi connectivity index (χ3n) is 4.79. The van der Waals surface area contributed by atoms with Crippen LogP contribution in [0.5, 0.6) is 0 Å². The molecule has 0 aromatic carbocycles. The molecule has 5 nitrogen and oxygen atoms in total. The van der Waals surface area contributed by atoms with Crippen molar-refractivity contribution in [3.8, 4) is 0 Å². The summed E-state index contributed by atoms with van der Waals surface area (Å²) in [6.07, 6.45) is 10.0. The molecule has 2 aliphatic heterocycles. The molecule has 4 unspecified atom stereocenters. The highest BCUT2D eigenvalue weighted by atomic mass is 16.5. The standard InChI is InChI=1S/C18H30O5/c1-2-3-4-10-22-13-15-14(16-7-8-17(15)23-16)9-12-21-11-5-6-18(19)20/h3-4,14-17H,2,5-13H2,1H3,(H,19,20)/b4-3+. The molecule has 2 aliphatic rings. The van der Waals surface area contributed by atoms with Crippen molar-refractivity contribution in [1.29, 1.82) is 0 Å². The van der Waals surface area contributed by atoms with E-state index in [4.69, 9.17) is 19.3 Å². The molecule has 0 radical (unpaired) electrons. The van der Waals surface area contributed by atoms with Crippen molar-refractivity contribution < 1.29 is 24.1 Å². The largest absolute Gasteiger partial charge is 0.481 e. The van der Waals surface area contributed by atoms with Crippen molar-refractivity contribution in [3.63, 3.8) is 0 Å². The first-order valence-corrected chi connectivity index (χ1v) is 8.90. The van der Waals surface area contributed by atoms with Gasteiger partial charge in [0.2, 0.25) is 0 Å². The molecule has 2 bridgehead atoms. The van der Waals surface area contributed by atoms with Crippen LogP contribution in [0.3, 0.4) is 0 Å². The summed E-state index contributed by atoms with van der Waals surface area (Å²) in [6.45, 7) is 4.77. The first-order chi connectivity index (χ1) is 11.2. The van der Waals surface area contributed by atoms with Crippen LogP contribution in [0.15, 0.2) is 12.2 Å². The van der Waals surface area contributed by atoms with Gasteiger partial charge in [0.1, 0.15) is 0 Å². The molecule has 0 spiro atoms. The van der Waals surface area contributed by atoms with E-state index in [1.165, 1.54) is 0 Å². The Labute approximate surface area is 139 Å². The van der Waals surface area contributed by atoms with Crippen molar-refractivity contribution in [2.75, 3.05) is 26.4 Å². The zero-order valence-electron chi connectivity index (χ0n) is 14.1. The lowest BCUT2D eigenvalue weighted by atomic mass is 9.78. The van der Waals surface area contributed by atoms with Crippen LogP contribution in [0.4, 0.5) is 0 Å². The molecule has 4 atom stereocenters. The summed E-state index contributed by atoms with van der Waals surface area (Å²) in [5.74, 6) is 0.235. The lowest BCUT2D eigenvalue weighted by molar-refractivity contribution is -0.137. The van der Waals surface area contributed by atoms with E-state index >= 15 is 0 Å². The van der Waals surface area contributed by atoms with Gasteiger partial charge in [0.15, 0.2) is 0 Å². The molecule has 5 heteroatoms. The molecule has 23 heavy (non-hydrogen) atoms. The fraction of sp³-hybridized carbons (Fsp3) is 0.833. The van der Waals surface area contributed by atoms with Gasteiger partial charge in [0.25, 0.3) is 0 Å². The van der Waals surface area contributed by atoms with Crippen LogP contribution in [-0.4, -0.2) is 49.7 Å². The highest BCUT2D eigenvalue weighted by molar-refractivity contribution is 5.66. The molecule has 2 heterocycles. The molecule has 132 valence electrons. The number of allylic oxidation sites excluding steroid dienone is 1. The Morgan fingerprint density at radius 3 is 2.70 bits per heavy atom. The van der Waals surface area contributed by atoms with Crippen molar-refractivity contribution in [2.24, 2.45) is 11.8 Å². The van der Waals surface area contributed by atoms with Gasteiger partial charge < -0.3 is 19.3 Å². The number of ether oxygens (including phenoxy) is 3. The van der Waals surface area contributed by atoms with Gasteiger partial charge in [-0.25, -0.2) is 0 Å². The van der Waals surface area contributed by atoms with E-state index in [2.05, 4.69) is 19.1 Å². The second kappa shape index (κ2) is 10.1. The van der Waals surface area contributed by atoms with E-state index < -0.39 is 5.97 Å². The van der Waals surface area contributed by atoms with E-state index in [9.17, 15) is 4.79 Å². The average molecular weight is 326 g/mol. The Kier molecular flexibility index (Phi) is 8.06. The first-order valence-electron chi connectivity index (χ1n) is 8.90. The minimum Gasteiger partial charge on any atom is -0.481 e. The normalized spacial score (nSPS) is 29.6. The van der Waals surface area contributed by atoms with E-state index in [1.54, 1.807) is 0 Å². The maximum absolute atomic E-state index is 10.4. The molecule has 2 rings (SSSR count). The number of aliphatic carboxylic acids is 1. The molecule has 2 saturated heterocycles. The summed E-state index contributed by atoms with van der Waals surface area (Å²) < 4.78 is 17.4. The van der Waals surface area contributed by atoms with Crippen LogP contribution in [0.1, 0.15) is 45.4 Å². The molecule has 1 N–H and O–H groups in total. The van der Waals surface area contributed by atoms with Gasteiger partial charge in [0, 0.05) is 25.6 Å². The van der Waals surface area contributed by atoms with Crippen molar-refractivity contribution in [2.45, 2.75) is 57.7 Å². The molecule has 0 amide bonds. The minimum atomic E-state index is -0.760. The Morgan fingerprint density at radius 2 is 1.96 bits per heavy atom. The van der Waals surface area contributed by atoms with E-state index in [-0.39, 0.29) is 6.42 Å². The quantitative estimate of drug-likeness (QED) is 0.441. The number of hydrogen-bond acceptors (Lipinski definition) is 4. The number of hydrogen-bond donors (Lipinski definition) is 1. The second-order valence-corrected chi connectivity index (χ2v) is 6.43. The van der Waals surface area contributed by atoms with Crippen molar-refractivity contribution >= 4 is 5.97 Å². The van der Waals surface area contributed by atoms with E-state index in [1.807, 2.05) is 0 Å². The number of rotatable bonds is 12. The minimum absolute atomic E-state index is 0.180. The summed E-state index contributed by atoms with van der Waals surface area (Å²) in [6, 6.07) is 0. The van der Waals surface area contributed by atoms with Gasteiger partial charge in [-0.3, -0.25) is 4.79 Å². The molecule has 0 aliphatic carbocycles.